The van der Waals surface area contributed by atoms with E-state index in [0.717, 1.165) is 16.4 Å². The minimum atomic E-state index is -3.38. The molecule has 0 amide bonds. The van der Waals surface area contributed by atoms with Gasteiger partial charge in [-0.2, -0.15) is 4.31 Å². The Bertz CT molecular complexity index is 551. The van der Waals surface area contributed by atoms with Crippen LogP contribution < -0.4 is 5.73 Å². The number of hydrogen-bond acceptors (Lipinski definition) is 3. The summed E-state index contributed by atoms with van der Waals surface area (Å²) in [4.78, 5) is 0.379. The molecule has 0 aromatic heterocycles. The van der Waals surface area contributed by atoms with Crippen LogP contribution in [0.15, 0.2) is 29.2 Å². The molecule has 2 rings (SSSR count). The van der Waals surface area contributed by atoms with Gasteiger partial charge in [-0.1, -0.05) is 6.07 Å². The highest BCUT2D eigenvalue weighted by Gasteiger charge is 2.31. The molecule has 0 bridgehead atoms. The Hall–Kier alpha value is 0.110. The largest absolute Gasteiger partial charge is 0.328 e. The number of rotatable bonds is 3. The predicted octanol–water partition coefficient (Wildman–Crippen LogP) is 2.46. The molecule has 0 aliphatic carbocycles. The highest BCUT2D eigenvalue weighted by Crippen LogP contribution is 2.25. The maximum atomic E-state index is 12.6. The fourth-order valence-corrected chi connectivity index (χ4v) is 4.73. The second-order valence-electron chi connectivity index (χ2n) is 5.08. The van der Waals surface area contributed by atoms with E-state index >= 15 is 0 Å². The number of nitrogens with zero attached hydrogens (tertiary/aromatic N) is 1. The van der Waals surface area contributed by atoms with Crippen LogP contribution in [0.2, 0.25) is 0 Å². The van der Waals surface area contributed by atoms with Crippen molar-refractivity contribution in [3.63, 3.8) is 0 Å². The van der Waals surface area contributed by atoms with E-state index in [9.17, 15) is 8.42 Å². The summed E-state index contributed by atoms with van der Waals surface area (Å²) in [6.45, 7) is 3.08. The molecule has 0 spiro atoms. The van der Waals surface area contributed by atoms with Gasteiger partial charge in [0.05, 0.1) is 4.90 Å². The molecule has 2 atom stereocenters. The summed E-state index contributed by atoms with van der Waals surface area (Å²) < 4.78 is 27.7. The Balaban J connectivity index is 0.00000200. The molecule has 20 heavy (non-hydrogen) atoms. The standard InChI is InChI=1S/C13H19IN2O2S.ClH/c1-10(15)11-4-3-7-16(9-11)19(17,18)13-6-2-5-12(14)8-13;/h2,5-6,8,10-11H,3-4,7,9,15H2,1H3;1H. The van der Waals surface area contributed by atoms with Crippen molar-refractivity contribution >= 4 is 45.0 Å². The van der Waals surface area contributed by atoms with Gasteiger partial charge in [-0.05, 0) is 66.5 Å². The van der Waals surface area contributed by atoms with Crippen LogP contribution >= 0.6 is 35.0 Å². The molecule has 0 saturated carbocycles. The van der Waals surface area contributed by atoms with Crippen LogP contribution in [0.5, 0.6) is 0 Å². The van der Waals surface area contributed by atoms with E-state index in [0.29, 0.717) is 18.0 Å². The highest BCUT2D eigenvalue weighted by atomic mass is 127. The first kappa shape index (κ1) is 18.2. The molecule has 1 aliphatic rings. The van der Waals surface area contributed by atoms with Crippen molar-refractivity contribution in [3.05, 3.63) is 27.8 Å². The maximum absolute atomic E-state index is 12.6. The van der Waals surface area contributed by atoms with Crippen molar-refractivity contribution in [1.29, 1.82) is 0 Å². The monoisotopic (exact) mass is 430 g/mol. The minimum Gasteiger partial charge on any atom is -0.328 e. The Kier molecular flexibility index (Phi) is 6.72. The van der Waals surface area contributed by atoms with Gasteiger partial charge in [0.1, 0.15) is 0 Å². The molecule has 4 nitrogen and oxygen atoms in total. The molecule has 0 radical (unpaired) electrons. The minimum absolute atomic E-state index is 0. The van der Waals surface area contributed by atoms with Crippen molar-refractivity contribution in [3.8, 4) is 0 Å². The van der Waals surface area contributed by atoms with E-state index in [2.05, 4.69) is 22.6 Å². The van der Waals surface area contributed by atoms with Gasteiger partial charge in [0, 0.05) is 22.7 Å². The van der Waals surface area contributed by atoms with Crippen LogP contribution in [0, 0.1) is 9.49 Å². The van der Waals surface area contributed by atoms with Gasteiger partial charge in [-0.3, -0.25) is 0 Å². The van der Waals surface area contributed by atoms with Crippen molar-refractivity contribution in [2.75, 3.05) is 13.1 Å². The molecule has 2 unspecified atom stereocenters. The normalized spacial score (nSPS) is 22.1. The predicted molar refractivity (Wildman–Crippen MR) is 91.5 cm³/mol. The first-order chi connectivity index (χ1) is 8.91. The zero-order valence-corrected chi connectivity index (χ0v) is 15.1. The summed E-state index contributed by atoms with van der Waals surface area (Å²) in [6, 6.07) is 7.08. The summed E-state index contributed by atoms with van der Waals surface area (Å²) >= 11 is 2.13. The molecular weight excluding hydrogens is 411 g/mol. The Morgan fingerprint density at radius 3 is 2.75 bits per heavy atom. The lowest BCUT2D eigenvalue weighted by Gasteiger charge is -2.33. The summed E-state index contributed by atoms with van der Waals surface area (Å²) in [6.07, 6.45) is 1.89. The first-order valence-corrected chi connectivity index (χ1v) is 8.94. The van der Waals surface area contributed by atoms with E-state index in [4.69, 9.17) is 5.73 Å². The van der Waals surface area contributed by atoms with Crippen LogP contribution in [0.3, 0.4) is 0 Å². The van der Waals surface area contributed by atoms with Gasteiger partial charge in [0.15, 0.2) is 0 Å². The lowest BCUT2D eigenvalue weighted by Crippen LogP contribution is -2.44. The third kappa shape index (κ3) is 4.07. The zero-order valence-electron chi connectivity index (χ0n) is 11.3. The molecule has 1 fully saturated rings. The lowest BCUT2D eigenvalue weighted by atomic mass is 9.93. The Morgan fingerprint density at radius 2 is 2.15 bits per heavy atom. The molecule has 1 heterocycles. The summed E-state index contributed by atoms with van der Waals surface area (Å²) in [5.41, 5.74) is 5.91. The number of piperidine rings is 1. The fourth-order valence-electron chi connectivity index (χ4n) is 2.40. The van der Waals surface area contributed by atoms with Crippen LogP contribution in [0.4, 0.5) is 0 Å². The van der Waals surface area contributed by atoms with Gasteiger partial charge < -0.3 is 5.73 Å². The molecule has 2 N–H and O–H groups in total. The van der Waals surface area contributed by atoms with Crippen molar-refractivity contribution in [2.45, 2.75) is 30.7 Å². The van der Waals surface area contributed by atoms with E-state index in [1.54, 1.807) is 22.5 Å². The first-order valence-electron chi connectivity index (χ1n) is 6.42. The van der Waals surface area contributed by atoms with Gasteiger partial charge in [0.25, 0.3) is 0 Å². The van der Waals surface area contributed by atoms with Gasteiger partial charge in [-0.15, -0.1) is 12.4 Å². The molecule has 114 valence electrons. The molecular formula is C13H20ClIN2O2S. The lowest BCUT2D eigenvalue weighted by molar-refractivity contribution is 0.243. The third-order valence-corrected chi connectivity index (χ3v) is 6.13. The second kappa shape index (κ2) is 7.40. The maximum Gasteiger partial charge on any atom is 0.243 e. The second-order valence-corrected chi connectivity index (χ2v) is 8.27. The van der Waals surface area contributed by atoms with Crippen molar-refractivity contribution < 1.29 is 8.42 Å². The molecule has 7 heteroatoms. The van der Waals surface area contributed by atoms with Gasteiger partial charge in [0.2, 0.25) is 10.0 Å². The average Bonchev–Trinajstić information content (AvgIpc) is 2.39. The van der Waals surface area contributed by atoms with Gasteiger partial charge in [-0.25, -0.2) is 8.42 Å². The van der Waals surface area contributed by atoms with Crippen LogP contribution in [0.25, 0.3) is 0 Å². The third-order valence-electron chi connectivity index (χ3n) is 3.60. The smallest absolute Gasteiger partial charge is 0.243 e. The van der Waals surface area contributed by atoms with E-state index in [1.807, 2.05) is 13.0 Å². The summed E-state index contributed by atoms with van der Waals surface area (Å²) in [7, 11) is -3.38. The molecule has 1 aromatic rings. The Morgan fingerprint density at radius 1 is 1.45 bits per heavy atom. The highest BCUT2D eigenvalue weighted by molar-refractivity contribution is 14.1. The summed E-state index contributed by atoms with van der Waals surface area (Å²) in [5, 5.41) is 0. The van der Waals surface area contributed by atoms with Crippen molar-refractivity contribution in [2.24, 2.45) is 11.7 Å². The molecule has 1 aliphatic heterocycles. The number of halogens is 2. The van der Waals surface area contributed by atoms with Crippen molar-refractivity contribution in [1.82, 2.24) is 4.31 Å². The zero-order chi connectivity index (χ0) is 14.0. The topological polar surface area (TPSA) is 63.4 Å². The SMILES string of the molecule is CC(N)C1CCCN(S(=O)(=O)c2cccc(I)c2)C1.Cl. The molecule has 1 saturated heterocycles. The van der Waals surface area contributed by atoms with E-state index in [1.165, 1.54) is 0 Å². The van der Waals surface area contributed by atoms with Crippen LogP contribution in [-0.2, 0) is 10.0 Å². The Labute approximate surface area is 140 Å². The number of nitrogens with two attached hydrogens (primary N) is 1. The number of sulfonamides is 1. The fraction of sp³-hybridized carbons (Fsp3) is 0.538. The van der Waals surface area contributed by atoms with E-state index < -0.39 is 10.0 Å². The van der Waals surface area contributed by atoms with Gasteiger partial charge >= 0.3 is 0 Å². The quantitative estimate of drug-likeness (QED) is 0.749. The van der Waals surface area contributed by atoms with Crippen LogP contribution in [-0.4, -0.2) is 31.9 Å². The number of benzene rings is 1. The van der Waals surface area contributed by atoms with E-state index in [-0.39, 0.29) is 24.4 Å². The van der Waals surface area contributed by atoms with Crippen LogP contribution in [0.1, 0.15) is 19.8 Å². The average molecular weight is 431 g/mol. The number of hydrogen-bond donors (Lipinski definition) is 1. The molecule has 1 aromatic carbocycles. The summed E-state index contributed by atoms with van der Waals surface area (Å²) in [5.74, 6) is 0.256.